The number of aromatic hydroxyl groups is 1. The number of carbonyl (C=O) groups excluding carboxylic acids is 1. The molecule has 5 N–H and O–H groups in total. The Kier molecular flexibility index (Phi) is 6.07. The van der Waals surface area contributed by atoms with E-state index in [0.717, 1.165) is 35.9 Å². The fourth-order valence-electron chi connectivity index (χ4n) is 5.79. The van der Waals surface area contributed by atoms with Crippen LogP contribution in [0.3, 0.4) is 0 Å². The second-order valence-electron chi connectivity index (χ2n) is 8.96. The lowest BCUT2D eigenvalue weighted by Gasteiger charge is -2.56. The van der Waals surface area contributed by atoms with Gasteiger partial charge in [-0.05, 0) is 85.7 Å². The lowest BCUT2D eigenvalue weighted by molar-refractivity contribution is -0.156. The highest BCUT2D eigenvalue weighted by molar-refractivity contribution is 5.69. The maximum atomic E-state index is 10.8. The van der Waals surface area contributed by atoms with Gasteiger partial charge in [0.1, 0.15) is 5.75 Å². The summed E-state index contributed by atoms with van der Waals surface area (Å²) in [6.45, 7) is 1.10. The van der Waals surface area contributed by atoms with E-state index in [9.17, 15) is 18.3 Å². The average Bonchev–Trinajstić information content (AvgIpc) is 2.76. The lowest BCUT2D eigenvalue weighted by Crippen LogP contribution is -2.59. The van der Waals surface area contributed by atoms with Crippen LogP contribution in [-0.4, -0.2) is 30.2 Å². The van der Waals surface area contributed by atoms with Gasteiger partial charge in [-0.2, -0.15) is 13.2 Å². The molecule has 172 valence electrons. The van der Waals surface area contributed by atoms with Crippen LogP contribution in [-0.2, 0) is 16.6 Å². The lowest BCUT2D eigenvalue weighted by atomic mass is 9.53. The molecule has 2 aromatic rings. The largest absolute Gasteiger partial charge is 0.506 e. The van der Waals surface area contributed by atoms with Gasteiger partial charge in [-0.1, -0.05) is 12.8 Å². The number of rotatable bonds is 2. The number of anilines is 3. The number of carbonyl (C=O) groups is 1. The molecule has 1 heterocycles. The molecule has 1 aliphatic heterocycles. The molecule has 2 aliphatic carbocycles. The fourth-order valence-corrected chi connectivity index (χ4v) is 5.79. The summed E-state index contributed by atoms with van der Waals surface area (Å²) in [5.74, 6) is 1.09. The number of alkyl halides is 3. The van der Waals surface area contributed by atoms with Gasteiger partial charge in [0.25, 0.3) is 0 Å². The number of hydrogen-bond acceptors (Lipinski definition) is 5. The minimum absolute atomic E-state index is 0.277. The highest BCUT2D eigenvalue weighted by Gasteiger charge is 2.51. The number of phenolic OH excluding ortho intramolecular Hbond substituents is 1. The van der Waals surface area contributed by atoms with Gasteiger partial charge in [-0.15, -0.1) is 0 Å². The molecule has 3 atom stereocenters. The van der Waals surface area contributed by atoms with Crippen LogP contribution in [0.5, 0.6) is 5.75 Å². The monoisotopic (exact) mass is 447 g/mol. The molecule has 5 nitrogen and oxygen atoms in total. The number of piperidine rings is 1. The molecule has 2 aromatic carbocycles. The van der Waals surface area contributed by atoms with Crippen molar-refractivity contribution in [2.45, 2.75) is 56.2 Å². The van der Waals surface area contributed by atoms with Crippen LogP contribution in [0.25, 0.3) is 0 Å². The number of hydrogen-bond donors (Lipinski definition) is 4. The van der Waals surface area contributed by atoms with Crippen LogP contribution >= 0.6 is 0 Å². The van der Waals surface area contributed by atoms with E-state index in [1.54, 1.807) is 0 Å². The Morgan fingerprint density at radius 2 is 1.88 bits per heavy atom. The van der Waals surface area contributed by atoms with E-state index in [2.05, 4.69) is 22.8 Å². The van der Waals surface area contributed by atoms with Crippen LogP contribution < -0.4 is 16.4 Å². The molecule has 32 heavy (non-hydrogen) atoms. The van der Waals surface area contributed by atoms with E-state index >= 15 is 0 Å². The third kappa shape index (κ3) is 4.41. The predicted octanol–water partition coefficient (Wildman–Crippen LogP) is 4.81. The Labute approximate surface area is 185 Å². The first-order valence-corrected chi connectivity index (χ1v) is 11.0. The first-order valence-electron chi connectivity index (χ1n) is 11.0. The zero-order chi connectivity index (χ0) is 22.9. The highest BCUT2D eigenvalue weighted by Crippen LogP contribution is 2.55. The molecule has 0 spiro atoms. The number of phenols is 1. The van der Waals surface area contributed by atoms with Crippen molar-refractivity contribution in [3.63, 3.8) is 0 Å². The molecule has 3 aliphatic rings. The molecule has 0 radical (unpaired) electrons. The quantitative estimate of drug-likeness (QED) is 0.302. The molecule has 2 bridgehead atoms. The summed E-state index contributed by atoms with van der Waals surface area (Å²) in [4.78, 5) is 8.70. The average molecular weight is 448 g/mol. The minimum Gasteiger partial charge on any atom is -0.506 e. The summed E-state index contributed by atoms with van der Waals surface area (Å²) >= 11 is 0. The molecule has 8 heteroatoms. The topological polar surface area (TPSA) is 87.4 Å². The van der Waals surface area contributed by atoms with Crippen molar-refractivity contribution in [3.8, 4) is 5.75 Å². The number of halogens is 3. The normalized spacial score (nSPS) is 26.1. The van der Waals surface area contributed by atoms with Crippen LogP contribution in [0.1, 0.15) is 43.2 Å². The van der Waals surface area contributed by atoms with E-state index in [0.29, 0.717) is 11.8 Å². The number of nitrogens with one attached hydrogen (secondary N) is 2. The fraction of sp³-hybridized carbons (Fsp3) is 0.458. The number of fused-ring (bicyclic) bond motifs is 1. The van der Waals surface area contributed by atoms with Crippen LogP contribution in [0.15, 0.2) is 36.4 Å². The zero-order valence-corrected chi connectivity index (χ0v) is 17.7. The molecule has 1 saturated carbocycles. The number of nitrogen functional groups attached to an aromatic ring is 1. The van der Waals surface area contributed by atoms with Crippen LogP contribution in [0.4, 0.5) is 30.2 Å². The van der Waals surface area contributed by atoms with Gasteiger partial charge >= 0.3 is 6.18 Å². The summed E-state index contributed by atoms with van der Waals surface area (Å²) in [7, 11) is 0. The zero-order valence-electron chi connectivity index (χ0n) is 17.7. The number of aldehydes is 1. The summed E-state index contributed by atoms with van der Waals surface area (Å²) in [6, 6.07) is 12.5. The summed E-state index contributed by atoms with van der Waals surface area (Å²) < 4.78 is 31.2. The van der Waals surface area contributed by atoms with Crippen molar-refractivity contribution >= 4 is 23.3 Å². The summed E-state index contributed by atoms with van der Waals surface area (Å²) in [5, 5.41) is 17.9. The Morgan fingerprint density at radius 3 is 2.56 bits per heavy atom. The molecular weight excluding hydrogens is 419 g/mol. The number of benzene rings is 2. The van der Waals surface area contributed by atoms with Crippen LogP contribution in [0.2, 0.25) is 0 Å². The standard InChI is InChI=1S/C22H27N3O.C2HF3O/c23-15-4-6-16(7-5-15)25-20-12-14-11-19-17-3-1-2-8-22(17,9-10-24-19)18(14)13-21(20)26;3-2(4,5)1-6/h4-7,12-13,17,19,24-26H,1-3,8-11,23H2;1H/t17-,19+,22+;/m1./s1. The van der Waals surface area contributed by atoms with Crippen molar-refractivity contribution in [2.24, 2.45) is 5.92 Å². The molecule has 0 aromatic heterocycles. The molecule has 1 saturated heterocycles. The third-order valence-corrected chi connectivity index (χ3v) is 7.08. The smallest absolute Gasteiger partial charge is 0.446 e. The molecule has 2 fully saturated rings. The SMILES string of the molecule is Nc1ccc(Nc2cc3c(cc2O)[C@]24CCCC[C@@H]2[C@H](C3)NCC4)cc1.O=CC(F)(F)F. The minimum atomic E-state index is -4.64. The Balaban J connectivity index is 0.000000363. The van der Waals surface area contributed by atoms with Crippen LogP contribution in [0, 0.1) is 5.92 Å². The van der Waals surface area contributed by atoms with Gasteiger partial charge in [0, 0.05) is 22.8 Å². The Bertz CT molecular complexity index is 974. The van der Waals surface area contributed by atoms with Crippen molar-refractivity contribution in [1.29, 1.82) is 0 Å². The van der Waals surface area contributed by atoms with Crippen molar-refractivity contribution in [1.82, 2.24) is 5.32 Å². The van der Waals surface area contributed by atoms with E-state index in [1.165, 1.54) is 43.2 Å². The van der Waals surface area contributed by atoms with Gasteiger partial charge in [0.15, 0.2) is 0 Å². The van der Waals surface area contributed by atoms with Crippen molar-refractivity contribution in [3.05, 3.63) is 47.5 Å². The van der Waals surface area contributed by atoms with Gasteiger partial charge < -0.3 is 21.5 Å². The van der Waals surface area contributed by atoms with E-state index in [4.69, 9.17) is 10.5 Å². The summed E-state index contributed by atoms with van der Waals surface area (Å²) in [6.07, 6.45) is 1.82. The maximum Gasteiger partial charge on any atom is 0.446 e. The Morgan fingerprint density at radius 1 is 1.16 bits per heavy atom. The van der Waals surface area contributed by atoms with Gasteiger partial charge in [0.05, 0.1) is 5.69 Å². The van der Waals surface area contributed by atoms with E-state index in [1.807, 2.05) is 24.3 Å². The molecule has 0 amide bonds. The van der Waals surface area contributed by atoms with E-state index < -0.39 is 12.5 Å². The van der Waals surface area contributed by atoms with Crippen molar-refractivity contribution < 1.29 is 23.1 Å². The van der Waals surface area contributed by atoms with Gasteiger partial charge in [-0.3, -0.25) is 4.79 Å². The third-order valence-electron chi connectivity index (χ3n) is 7.08. The van der Waals surface area contributed by atoms with E-state index in [-0.39, 0.29) is 5.41 Å². The first kappa shape index (κ1) is 22.5. The van der Waals surface area contributed by atoms with Gasteiger partial charge in [-0.25, -0.2) is 0 Å². The highest BCUT2D eigenvalue weighted by atomic mass is 19.4. The number of nitrogens with two attached hydrogens (primary N) is 1. The first-order chi connectivity index (χ1) is 15.2. The van der Waals surface area contributed by atoms with Crippen molar-refractivity contribution in [2.75, 3.05) is 17.6 Å². The second kappa shape index (κ2) is 8.65. The maximum absolute atomic E-state index is 10.8. The molecular formula is C24H28F3N3O2. The summed E-state index contributed by atoms with van der Waals surface area (Å²) in [5.41, 5.74) is 11.3. The van der Waals surface area contributed by atoms with Gasteiger partial charge in [0.2, 0.25) is 6.29 Å². The molecule has 5 rings (SSSR count). The Hall–Kier alpha value is -2.74. The molecule has 0 unspecified atom stereocenters. The predicted molar refractivity (Wildman–Crippen MR) is 118 cm³/mol. The second-order valence-corrected chi connectivity index (χ2v) is 8.96.